The number of hydrogen-bond acceptors (Lipinski definition) is 11. The summed E-state index contributed by atoms with van der Waals surface area (Å²) < 4.78 is 35.3. The van der Waals surface area contributed by atoms with Crippen molar-refractivity contribution >= 4 is 76.4 Å². The molecule has 0 aliphatic carbocycles. The van der Waals surface area contributed by atoms with Crippen molar-refractivity contribution in [3.8, 4) is 22.4 Å². The van der Waals surface area contributed by atoms with Gasteiger partial charge in [0.1, 0.15) is 33.6 Å². The third-order valence-electron chi connectivity index (χ3n) is 11.1. The number of ether oxygens (including phenoxy) is 2. The van der Waals surface area contributed by atoms with Crippen molar-refractivity contribution in [1.29, 1.82) is 0 Å². The number of rotatable bonds is 14. The number of thiophene rings is 1. The standard InChI is InChI=1S/C43H50N8O8S2/c1-7-29(48-40(52)31(49-42(54)58-4)16-18-61(6,56)57)38-45-30-15-12-24(19-32(30)46-38)25-10-13-27-28-14-11-26(21-36(28)60-35(27)20-25)33-22-44-39(47-33)34-9-8-17-51(34)41(53)37(23(2)3)50-43(55)59-5/h10-15,19-23,29,31,34,37H,7-9,16-18H2,1-6H3,(H,44,47)(H,45,46)(H,48,52)(H,49,54)(H,50,55)/t29-,31-,34-,37-/m0/s1. The van der Waals surface area contributed by atoms with Crippen LogP contribution in [-0.4, -0.2) is 102 Å². The molecule has 0 spiro atoms. The molecule has 1 aliphatic heterocycles. The highest BCUT2D eigenvalue weighted by atomic mass is 32.2. The SMILES string of the molecule is CC[C@H](NC(=O)[C@H](CCS(C)(=O)=O)NC(=O)OC)c1nc2ccc(-c3ccc4c(c3)sc3cc(-c5cnc([C@@H]6CCCN6C(=O)[C@@H](NC(=O)OC)C(C)C)[nH]5)ccc34)cc2[nH]1. The molecule has 1 aliphatic rings. The highest BCUT2D eigenvalue weighted by Gasteiger charge is 2.37. The van der Waals surface area contributed by atoms with Crippen LogP contribution in [0.1, 0.15) is 70.2 Å². The maximum absolute atomic E-state index is 13.6. The molecule has 61 heavy (non-hydrogen) atoms. The molecule has 0 unspecified atom stereocenters. The molecule has 3 aromatic carbocycles. The van der Waals surface area contributed by atoms with Crippen LogP contribution in [0, 0.1) is 5.92 Å². The molecule has 6 aromatic rings. The van der Waals surface area contributed by atoms with Crippen molar-refractivity contribution < 1.29 is 37.1 Å². The van der Waals surface area contributed by atoms with E-state index in [1.165, 1.54) is 14.2 Å². The Balaban J connectivity index is 1.08. The maximum Gasteiger partial charge on any atom is 0.407 e. The van der Waals surface area contributed by atoms with Crippen LogP contribution in [0.3, 0.4) is 0 Å². The number of fused-ring (bicyclic) bond motifs is 4. The predicted molar refractivity (Wildman–Crippen MR) is 235 cm³/mol. The van der Waals surface area contributed by atoms with Crippen LogP contribution >= 0.6 is 11.3 Å². The number of aromatic nitrogens is 4. The van der Waals surface area contributed by atoms with Crippen LogP contribution in [-0.2, 0) is 28.9 Å². The molecular weight excluding hydrogens is 821 g/mol. The number of likely N-dealkylation sites (tertiary alicyclic amines) is 1. The topological polar surface area (TPSA) is 218 Å². The summed E-state index contributed by atoms with van der Waals surface area (Å²) in [6, 6.07) is 16.1. The molecule has 1 fully saturated rings. The zero-order chi connectivity index (χ0) is 43.6. The van der Waals surface area contributed by atoms with E-state index < -0.39 is 46.1 Å². The van der Waals surface area contributed by atoms with Crippen molar-refractivity contribution in [3.63, 3.8) is 0 Å². The fourth-order valence-corrected chi connectivity index (χ4v) is 9.63. The Morgan fingerprint density at radius 2 is 1.56 bits per heavy atom. The van der Waals surface area contributed by atoms with Crippen molar-refractivity contribution in [2.45, 2.75) is 70.6 Å². The van der Waals surface area contributed by atoms with Gasteiger partial charge >= 0.3 is 12.2 Å². The number of H-pyrrole nitrogens is 2. The van der Waals surface area contributed by atoms with Gasteiger partial charge in [0.25, 0.3) is 0 Å². The lowest BCUT2D eigenvalue weighted by Crippen LogP contribution is -2.51. The van der Waals surface area contributed by atoms with E-state index in [0.717, 1.165) is 67.2 Å². The first-order chi connectivity index (χ1) is 29.2. The number of methoxy groups -OCH3 is 2. The predicted octanol–water partition coefficient (Wildman–Crippen LogP) is 6.76. The third-order valence-corrected chi connectivity index (χ3v) is 13.2. The largest absolute Gasteiger partial charge is 0.453 e. The minimum absolute atomic E-state index is 0.111. The molecule has 0 saturated carbocycles. The number of nitrogens with zero attached hydrogens (tertiary/aromatic N) is 3. The van der Waals surface area contributed by atoms with Crippen LogP contribution in [0.15, 0.2) is 60.8 Å². The fraction of sp³-hybridized carbons (Fsp3) is 0.395. The molecule has 0 bridgehead atoms. The van der Waals surface area contributed by atoms with E-state index in [1.54, 1.807) is 16.2 Å². The summed E-state index contributed by atoms with van der Waals surface area (Å²) >= 11 is 1.70. The number of aromatic amines is 2. The summed E-state index contributed by atoms with van der Waals surface area (Å²) in [5, 5.41) is 10.3. The summed E-state index contributed by atoms with van der Waals surface area (Å²) in [6.45, 7) is 6.26. The molecule has 3 aromatic heterocycles. The van der Waals surface area contributed by atoms with Crippen LogP contribution < -0.4 is 16.0 Å². The zero-order valence-electron chi connectivity index (χ0n) is 34.8. The molecule has 4 atom stereocenters. The average Bonchev–Trinajstić information content (AvgIpc) is 4.07. The molecule has 322 valence electrons. The first kappa shape index (κ1) is 43.1. The molecule has 4 amide bonds. The molecule has 7 rings (SSSR count). The lowest BCUT2D eigenvalue weighted by Gasteiger charge is -2.30. The van der Waals surface area contributed by atoms with E-state index in [1.807, 2.05) is 45.2 Å². The monoisotopic (exact) mass is 870 g/mol. The van der Waals surface area contributed by atoms with Gasteiger partial charge in [-0.25, -0.2) is 28.0 Å². The number of hydrogen-bond donors (Lipinski definition) is 5. The summed E-state index contributed by atoms with van der Waals surface area (Å²) in [5.41, 5.74) is 5.33. The summed E-state index contributed by atoms with van der Waals surface area (Å²) in [4.78, 5) is 69.0. The molecule has 1 saturated heterocycles. The van der Waals surface area contributed by atoms with E-state index in [2.05, 4.69) is 67.1 Å². The quantitative estimate of drug-likeness (QED) is 0.0775. The highest BCUT2D eigenvalue weighted by Crippen LogP contribution is 2.39. The van der Waals surface area contributed by atoms with Gasteiger partial charge in [-0.1, -0.05) is 51.1 Å². The van der Waals surface area contributed by atoms with E-state index >= 15 is 0 Å². The van der Waals surface area contributed by atoms with Crippen molar-refractivity contribution in [2.24, 2.45) is 5.92 Å². The highest BCUT2D eigenvalue weighted by molar-refractivity contribution is 7.90. The van der Waals surface area contributed by atoms with E-state index in [0.29, 0.717) is 30.1 Å². The van der Waals surface area contributed by atoms with Crippen molar-refractivity contribution in [3.05, 3.63) is 72.4 Å². The molecule has 18 heteroatoms. The Morgan fingerprint density at radius 3 is 2.23 bits per heavy atom. The summed E-state index contributed by atoms with van der Waals surface area (Å²) in [5.74, 6) is 0.136. The third kappa shape index (κ3) is 9.49. The van der Waals surface area contributed by atoms with Gasteiger partial charge in [-0.15, -0.1) is 11.3 Å². The summed E-state index contributed by atoms with van der Waals surface area (Å²) in [7, 11) is -0.929. The smallest absolute Gasteiger partial charge is 0.407 e. The molecule has 16 nitrogen and oxygen atoms in total. The minimum Gasteiger partial charge on any atom is -0.453 e. The molecule has 0 radical (unpaired) electrons. The number of alkyl carbamates (subject to hydrolysis) is 2. The lowest BCUT2D eigenvalue weighted by molar-refractivity contribution is -0.135. The first-order valence-corrected chi connectivity index (χ1v) is 23.0. The number of amides is 4. The van der Waals surface area contributed by atoms with Crippen LogP contribution in [0.2, 0.25) is 0 Å². The lowest BCUT2D eigenvalue weighted by atomic mass is 10.0. The van der Waals surface area contributed by atoms with Gasteiger partial charge in [0.05, 0.1) is 55.0 Å². The van der Waals surface area contributed by atoms with Gasteiger partial charge in [-0.05, 0) is 67.0 Å². The zero-order valence-corrected chi connectivity index (χ0v) is 36.5. The van der Waals surface area contributed by atoms with Gasteiger partial charge in [0.2, 0.25) is 11.8 Å². The number of sulfone groups is 1. The Labute approximate surface area is 357 Å². The van der Waals surface area contributed by atoms with Crippen LogP contribution in [0.25, 0.3) is 53.6 Å². The molecule has 4 heterocycles. The van der Waals surface area contributed by atoms with E-state index in [4.69, 9.17) is 14.7 Å². The Kier molecular flexibility index (Phi) is 12.7. The van der Waals surface area contributed by atoms with E-state index in [9.17, 15) is 27.6 Å². The van der Waals surface area contributed by atoms with Crippen LogP contribution in [0.4, 0.5) is 9.59 Å². The van der Waals surface area contributed by atoms with Gasteiger partial charge in [-0.2, -0.15) is 0 Å². The Hall–Kier alpha value is -6.01. The average molecular weight is 871 g/mol. The van der Waals surface area contributed by atoms with Gasteiger partial charge in [-0.3, -0.25) is 9.59 Å². The number of carbonyl (C=O) groups excluding carboxylic acids is 4. The van der Waals surface area contributed by atoms with E-state index in [-0.39, 0.29) is 30.0 Å². The fourth-order valence-electron chi connectivity index (χ4n) is 7.78. The first-order valence-electron chi connectivity index (χ1n) is 20.2. The second kappa shape index (κ2) is 17.9. The Morgan fingerprint density at radius 1 is 0.902 bits per heavy atom. The normalized spacial score (nSPS) is 15.9. The number of carbonyl (C=O) groups is 4. The number of benzene rings is 3. The summed E-state index contributed by atoms with van der Waals surface area (Å²) in [6.07, 6.45) is 3.38. The van der Waals surface area contributed by atoms with Crippen molar-refractivity contribution in [2.75, 3.05) is 32.8 Å². The van der Waals surface area contributed by atoms with Crippen LogP contribution in [0.5, 0.6) is 0 Å². The Bertz CT molecular complexity index is 2720. The number of imidazole rings is 2. The van der Waals surface area contributed by atoms with Gasteiger partial charge < -0.3 is 40.3 Å². The van der Waals surface area contributed by atoms with Crippen molar-refractivity contribution in [1.82, 2.24) is 40.8 Å². The second-order valence-electron chi connectivity index (χ2n) is 15.7. The van der Waals surface area contributed by atoms with Gasteiger partial charge in [0.15, 0.2) is 0 Å². The van der Waals surface area contributed by atoms with Gasteiger partial charge in [0, 0.05) is 38.5 Å². The second-order valence-corrected chi connectivity index (χ2v) is 19.0. The maximum atomic E-state index is 13.6. The minimum atomic E-state index is -3.38. The molecule has 5 N–H and O–H groups in total. The molecular formula is C43H50N8O8S2. The number of nitrogens with one attached hydrogen (secondary N) is 5.